The van der Waals surface area contributed by atoms with Gasteiger partial charge in [-0.25, -0.2) is 17.8 Å². The third-order valence-electron chi connectivity index (χ3n) is 3.90. The van der Waals surface area contributed by atoms with Crippen molar-refractivity contribution >= 4 is 39.8 Å². The third-order valence-corrected chi connectivity index (χ3v) is 4.76. The number of hydrogen-bond acceptors (Lipinski definition) is 3. The number of aryl methyl sites for hydroxylation is 1. The van der Waals surface area contributed by atoms with Gasteiger partial charge in [0.15, 0.2) is 15.8 Å². The molecule has 0 spiro atoms. The number of halogens is 2. The highest BCUT2D eigenvalue weighted by Gasteiger charge is 2.05. The van der Waals surface area contributed by atoms with Gasteiger partial charge >= 0.3 is 0 Å². The van der Waals surface area contributed by atoms with Crippen LogP contribution in [0.4, 0.5) is 4.39 Å². The Labute approximate surface area is 183 Å². The van der Waals surface area contributed by atoms with Crippen molar-refractivity contribution in [2.24, 2.45) is 4.99 Å². The van der Waals surface area contributed by atoms with Gasteiger partial charge in [0.05, 0.1) is 12.3 Å². The number of nitrogens with zero attached hydrogens (tertiary/aromatic N) is 1. The maximum atomic E-state index is 13.4. The third kappa shape index (κ3) is 8.55. The number of benzene rings is 2. The minimum atomic E-state index is -3.03. The summed E-state index contributed by atoms with van der Waals surface area (Å²) < 4.78 is 36.0. The van der Waals surface area contributed by atoms with E-state index in [-0.39, 0.29) is 35.5 Å². The minimum absolute atomic E-state index is 0. The van der Waals surface area contributed by atoms with Crippen LogP contribution in [0.25, 0.3) is 0 Å². The fraction of sp³-hybridized carbons (Fsp3) is 0.350. The Bertz CT molecular complexity index is 900. The first-order valence-corrected chi connectivity index (χ1v) is 10.9. The van der Waals surface area contributed by atoms with Crippen molar-refractivity contribution in [1.29, 1.82) is 0 Å². The van der Waals surface area contributed by atoms with E-state index in [2.05, 4.69) is 15.6 Å². The van der Waals surface area contributed by atoms with Gasteiger partial charge in [0.1, 0.15) is 5.82 Å². The van der Waals surface area contributed by atoms with Gasteiger partial charge in [-0.3, -0.25) is 0 Å². The minimum Gasteiger partial charge on any atom is -0.357 e. The topological polar surface area (TPSA) is 70.6 Å². The van der Waals surface area contributed by atoms with Gasteiger partial charge in [-0.1, -0.05) is 36.4 Å². The van der Waals surface area contributed by atoms with Crippen LogP contribution in [-0.4, -0.2) is 27.2 Å². The first-order valence-electron chi connectivity index (χ1n) is 8.79. The normalized spacial score (nSPS) is 11.6. The second-order valence-electron chi connectivity index (χ2n) is 6.52. The summed E-state index contributed by atoms with van der Waals surface area (Å²) >= 11 is 0. The second-order valence-corrected chi connectivity index (χ2v) is 8.66. The number of nitrogens with one attached hydrogen (secondary N) is 2. The maximum absolute atomic E-state index is 13.4. The van der Waals surface area contributed by atoms with Crippen molar-refractivity contribution in [3.63, 3.8) is 0 Å². The molecule has 8 heteroatoms. The van der Waals surface area contributed by atoms with Crippen LogP contribution in [0.1, 0.15) is 29.2 Å². The van der Waals surface area contributed by atoms with Crippen molar-refractivity contribution in [1.82, 2.24) is 10.6 Å². The van der Waals surface area contributed by atoms with Crippen LogP contribution < -0.4 is 10.6 Å². The van der Waals surface area contributed by atoms with Crippen LogP contribution in [0.15, 0.2) is 47.5 Å². The Morgan fingerprint density at radius 3 is 2.21 bits per heavy atom. The highest BCUT2D eigenvalue weighted by atomic mass is 127. The van der Waals surface area contributed by atoms with Gasteiger partial charge in [0.2, 0.25) is 0 Å². The molecule has 0 atom stereocenters. The quantitative estimate of drug-likeness (QED) is 0.334. The summed E-state index contributed by atoms with van der Waals surface area (Å²) in [5.41, 5.74) is 3.34. The predicted molar refractivity (Wildman–Crippen MR) is 123 cm³/mol. The molecule has 0 unspecified atom stereocenters. The highest BCUT2D eigenvalue weighted by molar-refractivity contribution is 14.0. The Kier molecular flexibility index (Phi) is 9.88. The number of sulfone groups is 1. The number of guanidine groups is 1. The number of rotatable bonds is 7. The van der Waals surface area contributed by atoms with Crippen molar-refractivity contribution in [3.8, 4) is 0 Å². The van der Waals surface area contributed by atoms with Crippen molar-refractivity contribution in [2.75, 3.05) is 12.8 Å². The molecule has 2 aromatic carbocycles. The average molecular weight is 519 g/mol. The molecular weight excluding hydrogens is 492 g/mol. The van der Waals surface area contributed by atoms with Crippen LogP contribution >= 0.6 is 24.0 Å². The van der Waals surface area contributed by atoms with Gasteiger partial charge in [-0.2, -0.15) is 0 Å². The SMILES string of the molecule is CCNC(=NCc1ccc(F)c(C)c1)NCc1ccc(CS(C)(=O)=O)cc1.I. The van der Waals surface area contributed by atoms with Crippen LogP contribution in [0.3, 0.4) is 0 Å². The average Bonchev–Trinajstić information content (AvgIpc) is 2.60. The smallest absolute Gasteiger partial charge is 0.191 e. The van der Waals surface area contributed by atoms with Crippen LogP contribution in [0.2, 0.25) is 0 Å². The molecule has 0 aliphatic carbocycles. The van der Waals surface area contributed by atoms with E-state index in [1.54, 1.807) is 19.1 Å². The molecule has 0 amide bonds. The molecule has 0 aliphatic rings. The fourth-order valence-corrected chi connectivity index (χ4v) is 3.36. The van der Waals surface area contributed by atoms with E-state index in [1.165, 1.54) is 12.3 Å². The Morgan fingerprint density at radius 2 is 1.64 bits per heavy atom. The molecule has 0 fully saturated rings. The summed E-state index contributed by atoms with van der Waals surface area (Å²) in [6.45, 7) is 5.46. The molecule has 0 saturated carbocycles. The number of aliphatic imine (C=N–C) groups is 1. The van der Waals surface area contributed by atoms with E-state index in [1.807, 2.05) is 31.2 Å². The monoisotopic (exact) mass is 519 g/mol. The zero-order valence-corrected chi connectivity index (χ0v) is 19.5. The van der Waals surface area contributed by atoms with Crippen molar-refractivity contribution < 1.29 is 12.8 Å². The van der Waals surface area contributed by atoms with E-state index < -0.39 is 9.84 Å². The molecule has 0 aromatic heterocycles. The van der Waals surface area contributed by atoms with Gasteiger partial charge in [0, 0.05) is 19.3 Å². The standard InChI is InChI=1S/C20H26FN3O2S.HI/c1-4-22-20(24-13-18-9-10-19(21)15(2)11-18)23-12-16-5-7-17(8-6-16)14-27(3,25)26;/h5-11H,4,12-14H2,1-3H3,(H2,22,23,24);1H. The van der Waals surface area contributed by atoms with E-state index in [4.69, 9.17) is 0 Å². The molecule has 0 saturated heterocycles. The van der Waals surface area contributed by atoms with Crippen LogP contribution in [0.5, 0.6) is 0 Å². The molecule has 28 heavy (non-hydrogen) atoms. The molecule has 0 heterocycles. The Morgan fingerprint density at radius 1 is 1.04 bits per heavy atom. The maximum Gasteiger partial charge on any atom is 0.191 e. The van der Waals surface area contributed by atoms with E-state index in [0.717, 1.165) is 23.2 Å². The van der Waals surface area contributed by atoms with Crippen molar-refractivity contribution in [2.45, 2.75) is 32.7 Å². The molecular formula is C20H27FIN3O2S. The molecule has 2 aromatic rings. The summed E-state index contributed by atoms with van der Waals surface area (Å²) in [6.07, 6.45) is 1.23. The number of hydrogen-bond donors (Lipinski definition) is 2. The zero-order valence-electron chi connectivity index (χ0n) is 16.3. The molecule has 2 rings (SSSR count). The van der Waals surface area contributed by atoms with Crippen LogP contribution in [-0.2, 0) is 28.7 Å². The molecule has 0 aliphatic heterocycles. The molecule has 2 N–H and O–H groups in total. The fourth-order valence-electron chi connectivity index (χ4n) is 2.56. The summed E-state index contributed by atoms with van der Waals surface area (Å²) in [6, 6.07) is 12.4. The molecule has 5 nitrogen and oxygen atoms in total. The van der Waals surface area contributed by atoms with E-state index in [9.17, 15) is 12.8 Å². The van der Waals surface area contributed by atoms with E-state index in [0.29, 0.717) is 24.6 Å². The Balaban J connectivity index is 0.00000392. The van der Waals surface area contributed by atoms with Crippen LogP contribution in [0, 0.1) is 12.7 Å². The lowest BCUT2D eigenvalue weighted by molar-refractivity contribution is 0.601. The van der Waals surface area contributed by atoms with Gasteiger partial charge in [-0.15, -0.1) is 24.0 Å². The van der Waals surface area contributed by atoms with E-state index >= 15 is 0 Å². The predicted octanol–water partition coefficient (Wildman–Crippen LogP) is 3.55. The van der Waals surface area contributed by atoms with Crippen molar-refractivity contribution in [3.05, 3.63) is 70.5 Å². The lowest BCUT2D eigenvalue weighted by atomic mass is 10.1. The lowest BCUT2D eigenvalue weighted by Gasteiger charge is -2.12. The Hall–Kier alpha value is -1.68. The van der Waals surface area contributed by atoms with Gasteiger partial charge < -0.3 is 10.6 Å². The molecule has 154 valence electrons. The molecule has 0 radical (unpaired) electrons. The first kappa shape index (κ1) is 24.4. The summed E-state index contributed by atoms with van der Waals surface area (Å²) in [4.78, 5) is 4.53. The largest absolute Gasteiger partial charge is 0.357 e. The first-order chi connectivity index (χ1) is 12.8. The molecule has 0 bridgehead atoms. The second kappa shape index (κ2) is 11.4. The summed E-state index contributed by atoms with van der Waals surface area (Å²) in [5.74, 6) is 0.494. The highest BCUT2D eigenvalue weighted by Crippen LogP contribution is 2.10. The summed E-state index contributed by atoms with van der Waals surface area (Å²) in [7, 11) is -3.03. The van der Waals surface area contributed by atoms with Gasteiger partial charge in [0.25, 0.3) is 0 Å². The zero-order chi connectivity index (χ0) is 19.9. The lowest BCUT2D eigenvalue weighted by Crippen LogP contribution is -2.36. The summed E-state index contributed by atoms with van der Waals surface area (Å²) in [5, 5.41) is 6.42. The van der Waals surface area contributed by atoms with Gasteiger partial charge in [-0.05, 0) is 42.2 Å².